The molecule has 2 aromatic rings. The molecule has 0 saturated carbocycles. The average Bonchev–Trinajstić information content (AvgIpc) is 2.75. The number of anilines is 1. The van der Waals surface area contributed by atoms with Crippen LogP contribution in [0.15, 0.2) is 59.1 Å². The van der Waals surface area contributed by atoms with Crippen molar-refractivity contribution in [2.45, 2.75) is 29.5 Å². The molecule has 34 heavy (non-hydrogen) atoms. The number of amides is 2. The molecule has 0 bridgehead atoms. The number of benzene rings is 2. The highest BCUT2D eigenvalue weighted by molar-refractivity contribution is 7.92. The molecule has 0 radical (unpaired) electrons. The Morgan fingerprint density at radius 3 is 2.24 bits per heavy atom. The highest BCUT2D eigenvalue weighted by atomic mass is 32.2. The molecule has 2 amide bonds. The van der Waals surface area contributed by atoms with E-state index in [0.717, 1.165) is 40.1 Å². The fourth-order valence-electron chi connectivity index (χ4n) is 3.48. The summed E-state index contributed by atoms with van der Waals surface area (Å²) in [6.45, 7) is 1.35. The summed E-state index contributed by atoms with van der Waals surface area (Å²) in [5.74, 6) is 0. The summed E-state index contributed by atoms with van der Waals surface area (Å²) in [6, 6.07) is 5.93. The van der Waals surface area contributed by atoms with Gasteiger partial charge < -0.3 is 4.90 Å². The Morgan fingerprint density at radius 2 is 1.68 bits per heavy atom. The van der Waals surface area contributed by atoms with Gasteiger partial charge in [-0.3, -0.25) is 4.90 Å². The molecule has 0 spiro atoms. The van der Waals surface area contributed by atoms with E-state index in [2.05, 4.69) is 0 Å². The number of alkyl halides is 6. The number of rotatable bonds is 3. The van der Waals surface area contributed by atoms with E-state index in [4.69, 9.17) is 5.26 Å². The third-order valence-electron chi connectivity index (χ3n) is 5.15. The van der Waals surface area contributed by atoms with Gasteiger partial charge in [0.25, 0.3) is 9.84 Å². The number of nitrogens with zero attached hydrogens (tertiary/aromatic N) is 3. The van der Waals surface area contributed by atoms with E-state index in [-0.39, 0.29) is 16.9 Å². The van der Waals surface area contributed by atoms with Crippen LogP contribution < -0.4 is 4.90 Å². The van der Waals surface area contributed by atoms with Gasteiger partial charge in [-0.2, -0.15) is 31.6 Å². The minimum atomic E-state index is -5.89. The third-order valence-corrected chi connectivity index (χ3v) is 6.69. The monoisotopic (exact) mass is 503 g/mol. The van der Waals surface area contributed by atoms with Gasteiger partial charge in [0, 0.05) is 12.7 Å². The molecule has 1 atom stereocenters. The molecule has 0 fully saturated rings. The number of hydrogen-bond donors (Lipinski definition) is 0. The second-order valence-electron chi connectivity index (χ2n) is 7.34. The van der Waals surface area contributed by atoms with Crippen LogP contribution >= 0.6 is 0 Å². The largest absolute Gasteiger partial charge is 0.501 e. The van der Waals surface area contributed by atoms with Gasteiger partial charge in [0.1, 0.15) is 0 Å². The zero-order chi connectivity index (χ0) is 25.6. The molecule has 1 heterocycles. The molecule has 0 saturated heterocycles. The summed E-state index contributed by atoms with van der Waals surface area (Å²) in [5.41, 5.74) is -7.52. The number of allylic oxidation sites excluding steroid dienone is 1. The van der Waals surface area contributed by atoms with E-state index in [1.807, 2.05) is 0 Å². The van der Waals surface area contributed by atoms with Crippen molar-refractivity contribution < 1.29 is 39.6 Å². The molecular formula is C21H15F6N3O3S. The molecule has 1 aliphatic rings. The van der Waals surface area contributed by atoms with Crippen molar-refractivity contribution in [1.82, 2.24) is 4.90 Å². The highest BCUT2D eigenvalue weighted by Gasteiger charge is 2.49. The van der Waals surface area contributed by atoms with E-state index in [1.165, 1.54) is 26.1 Å². The van der Waals surface area contributed by atoms with Crippen molar-refractivity contribution >= 4 is 21.6 Å². The van der Waals surface area contributed by atoms with E-state index >= 15 is 0 Å². The SMILES string of the molecule is CC1=C[C@@H](c2ccc(C#N)cc2S(=O)(=O)C(F)(F)F)N(C)C(=O)N1c1cccc(C(F)(F)F)c1. The summed E-state index contributed by atoms with van der Waals surface area (Å²) < 4.78 is 104. The molecule has 13 heteroatoms. The highest BCUT2D eigenvalue weighted by Crippen LogP contribution is 2.40. The predicted molar refractivity (Wildman–Crippen MR) is 108 cm³/mol. The van der Waals surface area contributed by atoms with Gasteiger partial charge in [-0.25, -0.2) is 13.2 Å². The number of likely N-dealkylation sites (N-methyl/N-ethyl adjacent to an activating group) is 1. The molecule has 3 rings (SSSR count). The van der Waals surface area contributed by atoms with Crippen molar-refractivity contribution in [2.75, 3.05) is 11.9 Å². The number of urea groups is 1. The first-order valence-electron chi connectivity index (χ1n) is 9.37. The maximum atomic E-state index is 13.3. The van der Waals surface area contributed by atoms with Crippen molar-refractivity contribution in [3.63, 3.8) is 0 Å². The van der Waals surface area contributed by atoms with Gasteiger partial charge in [0.05, 0.1) is 33.8 Å². The lowest BCUT2D eigenvalue weighted by Crippen LogP contribution is -2.46. The normalized spacial score (nSPS) is 17.4. The summed E-state index contributed by atoms with van der Waals surface area (Å²) in [5, 5.41) is 9.02. The van der Waals surface area contributed by atoms with Crippen LogP contribution in [0.5, 0.6) is 0 Å². The number of hydrogen-bond acceptors (Lipinski definition) is 4. The summed E-state index contributed by atoms with van der Waals surface area (Å²) in [6.07, 6.45) is -3.43. The van der Waals surface area contributed by atoms with Crippen molar-refractivity contribution in [3.8, 4) is 6.07 Å². The number of halogens is 6. The number of carbonyl (C=O) groups excluding carboxylic acids is 1. The van der Waals surface area contributed by atoms with Crippen molar-refractivity contribution in [1.29, 1.82) is 5.26 Å². The van der Waals surface area contributed by atoms with Gasteiger partial charge in [0.15, 0.2) is 0 Å². The number of sulfone groups is 1. The standard InChI is InChI=1S/C21H15F6N3O3S/c1-12-8-17(16-7-6-13(11-28)9-18(16)34(32,33)21(25,26)27)29(2)19(31)30(12)15-5-3-4-14(10-15)20(22,23)24/h3-10,17H,1-2H3/t17-/m0/s1. The molecule has 0 aromatic heterocycles. The number of nitriles is 1. The second kappa shape index (κ2) is 8.35. The van der Waals surface area contributed by atoms with Crippen molar-refractivity contribution in [3.05, 3.63) is 70.9 Å². The first-order chi connectivity index (χ1) is 15.6. The zero-order valence-corrected chi connectivity index (χ0v) is 18.3. The van der Waals surface area contributed by atoms with Gasteiger partial charge >= 0.3 is 17.7 Å². The van der Waals surface area contributed by atoms with Crippen LogP contribution in [0.25, 0.3) is 0 Å². The molecule has 1 aliphatic heterocycles. The Hall–Kier alpha value is -3.53. The van der Waals surface area contributed by atoms with Gasteiger partial charge in [0.2, 0.25) is 0 Å². The molecule has 6 nitrogen and oxygen atoms in total. The van der Waals surface area contributed by atoms with Crippen LogP contribution in [0.3, 0.4) is 0 Å². The van der Waals surface area contributed by atoms with Gasteiger partial charge in [-0.05, 0) is 48.9 Å². The van der Waals surface area contributed by atoms with Gasteiger partial charge in [-0.1, -0.05) is 12.1 Å². The molecule has 0 unspecified atom stereocenters. The average molecular weight is 503 g/mol. The lowest BCUT2D eigenvalue weighted by atomic mass is 10.0. The summed E-state index contributed by atoms with van der Waals surface area (Å²) in [7, 11) is -4.73. The smallest absolute Gasteiger partial charge is 0.316 e. The first-order valence-corrected chi connectivity index (χ1v) is 10.9. The Balaban J connectivity index is 2.16. The van der Waals surface area contributed by atoms with Gasteiger partial charge in [-0.15, -0.1) is 0 Å². The van der Waals surface area contributed by atoms with E-state index in [9.17, 15) is 39.6 Å². The topological polar surface area (TPSA) is 81.5 Å². The van der Waals surface area contributed by atoms with E-state index in [0.29, 0.717) is 6.07 Å². The van der Waals surface area contributed by atoms with Crippen LogP contribution in [0.1, 0.15) is 29.7 Å². The lowest BCUT2D eigenvalue weighted by Gasteiger charge is -2.38. The molecule has 180 valence electrons. The Morgan fingerprint density at radius 1 is 1.03 bits per heavy atom. The molecule has 0 N–H and O–H groups in total. The minimum absolute atomic E-state index is 0.0622. The Bertz CT molecular complexity index is 1330. The maximum Gasteiger partial charge on any atom is 0.501 e. The van der Waals surface area contributed by atoms with Crippen LogP contribution in [0.4, 0.5) is 36.8 Å². The Kier molecular flexibility index (Phi) is 6.17. The second-order valence-corrected chi connectivity index (χ2v) is 9.25. The van der Waals surface area contributed by atoms with Crippen LogP contribution in [0.2, 0.25) is 0 Å². The summed E-state index contributed by atoms with van der Waals surface area (Å²) in [4.78, 5) is 13.7. The fraction of sp³-hybridized carbons (Fsp3) is 0.238. The van der Waals surface area contributed by atoms with E-state index < -0.39 is 49.6 Å². The lowest BCUT2D eigenvalue weighted by molar-refractivity contribution is -0.137. The zero-order valence-electron chi connectivity index (χ0n) is 17.4. The maximum absolute atomic E-state index is 13.3. The molecule has 0 aliphatic carbocycles. The number of carbonyl (C=O) groups is 1. The molecular weight excluding hydrogens is 488 g/mol. The minimum Gasteiger partial charge on any atom is -0.316 e. The van der Waals surface area contributed by atoms with E-state index in [1.54, 1.807) is 6.07 Å². The fourth-order valence-corrected chi connectivity index (χ4v) is 4.51. The predicted octanol–water partition coefficient (Wildman–Crippen LogP) is 5.39. The third kappa shape index (κ3) is 4.33. The summed E-state index contributed by atoms with van der Waals surface area (Å²) >= 11 is 0. The Labute approximate surface area is 190 Å². The van der Waals surface area contributed by atoms with Crippen LogP contribution in [-0.4, -0.2) is 31.9 Å². The van der Waals surface area contributed by atoms with Crippen LogP contribution in [0, 0.1) is 11.3 Å². The van der Waals surface area contributed by atoms with Crippen molar-refractivity contribution in [2.24, 2.45) is 0 Å². The first kappa shape index (κ1) is 25.1. The quantitative estimate of drug-likeness (QED) is 0.527. The molecule has 2 aromatic carbocycles. The van der Waals surface area contributed by atoms with Crippen LogP contribution in [-0.2, 0) is 16.0 Å².